The summed E-state index contributed by atoms with van der Waals surface area (Å²) in [7, 11) is 2.99. The molecule has 0 radical (unpaired) electrons. The van der Waals surface area contributed by atoms with Gasteiger partial charge in [-0.25, -0.2) is 0 Å². The average Bonchev–Trinajstić information content (AvgIpc) is 2.86. The number of hydrogen-bond donors (Lipinski definition) is 1. The smallest absolute Gasteiger partial charge is 0.292 e. The van der Waals surface area contributed by atoms with E-state index in [0.29, 0.717) is 13.0 Å². The molecule has 2 aromatic rings. The number of methoxy groups -OCH3 is 2. The summed E-state index contributed by atoms with van der Waals surface area (Å²) in [6.07, 6.45) is 7.46. The van der Waals surface area contributed by atoms with Gasteiger partial charge in [0.05, 0.1) is 14.2 Å². The molecule has 2 aromatic carbocycles. The molecule has 0 amide bonds. The highest BCUT2D eigenvalue weighted by Gasteiger charge is 1.95. The predicted octanol–water partition coefficient (Wildman–Crippen LogP) is 5.64. The zero-order valence-electron chi connectivity index (χ0n) is 20.0. The summed E-state index contributed by atoms with van der Waals surface area (Å²) >= 11 is 0. The van der Waals surface area contributed by atoms with Gasteiger partial charge in [-0.3, -0.25) is 4.79 Å². The Morgan fingerprint density at radius 2 is 1.64 bits per heavy atom. The first-order valence-electron chi connectivity index (χ1n) is 11.0. The molecule has 0 saturated heterocycles. The number of carbonyl (C=O) groups is 1. The maximum absolute atomic E-state index is 8.95. The van der Waals surface area contributed by atoms with Crippen molar-refractivity contribution < 1.29 is 14.3 Å². The first kappa shape index (κ1) is 27.5. The number of benzene rings is 2. The molecule has 0 bridgehead atoms. The lowest BCUT2D eigenvalue weighted by Gasteiger charge is -2.06. The highest BCUT2D eigenvalue weighted by atomic mass is 16.5. The SMILES string of the molecule is C=C(C#Cc1ccc(CCCC)cc1)/C=C\C(=C)CNCc1ccc(OC)cc1.COC=O. The molecular weight excluding hydrogens is 410 g/mol. The molecule has 0 aliphatic rings. The second-order valence-electron chi connectivity index (χ2n) is 7.35. The number of ether oxygens (including phenoxy) is 2. The van der Waals surface area contributed by atoms with Crippen molar-refractivity contribution in [1.29, 1.82) is 0 Å². The van der Waals surface area contributed by atoms with Gasteiger partial charge in [0.15, 0.2) is 0 Å². The van der Waals surface area contributed by atoms with Gasteiger partial charge >= 0.3 is 0 Å². The maximum atomic E-state index is 8.95. The van der Waals surface area contributed by atoms with E-state index in [-0.39, 0.29) is 0 Å². The van der Waals surface area contributed by atoms with E-state index >= 15 is 0 Å². The Hall–Kier alpha value is -3.55. The fourth-order valence-corrected chi connectivity index (χ4v) is 2.72. The average molecular weight is 446 g/mol. The van der Waals surface area contributed by atoms with Crippen LogP contribution in [0.1, 0.15) is 36.5 Å². The Morgan fingerprint density at radius 1 is 1.00 bits per heavy atom. The molecule has 2 rings (SSSR count). The van der Waals surface area contributed by atoms with Crippen LogP contribution in [0.15, 0.2) is 85.0 Å². The molecule has 0 unspecified atom stereocenters. The van der Waals surface area contributed by atoms with Crippen LogP contribution < -0.4 is 10.1 Å². The summed E-state index contributed by atoms with van der Waals surface area (Å²) in [5, 5.41) is 3.38. The number of rotatable bonds is 11. The van der Waals surface area contributed by atoms with Crippen molar-refractivity contribution in [1.82, 2.24) is 5.32 Å². The van der Waals surface area contributed by atoms with Crippen LogP contribution in [0.4, 0.5) is 0 Å². The van der Waals surface area contributed by atoms with Gasteiger partial charge in [-0.15, -0.1) is 0 Å². The van der Waals surface area contributed by atoms with E-state index < -0.39 is 0 Å². The molecule has 0 spiro atoms. The Bertz CT molecular complexity index is 945. The third kappa shape index (κ3) is 12.8. The van der Waals surface area contributed by atoms with E-state index in [0.717, 1.165) is 35.4 Å². The second kappa shape index (κ2) is 17.1. The third-order valence-electron chi connectivity index (χ3n) is 4.60. The van der Waals surface area contributed by atoms with Crippen molar-refractivity contribution in [2.45, 2.75) is 32.7 Å². The van der Waals surface area contributed by atoms with Gasteiger partial charge in [0.1, 0.15) is 5.75 Å². The maximum Gasteiger partial charge on any atom is 0.292 e. The second-order valence-corrected chi connectivity index (χ2v) is 7.35. The molecule has 0 aliphatic heterocycles. The minimum atomic E-state index is 0.375. The monoisotopic (exact) mass is 445 g/mol. The fraction of sp³-hybridized carbons (Fsp3) is 0.276. The summed E-state index contributed by atoms with van der Waals surface area (Å²) in [5.74, 6) is 7.14. The number of unbranched alkanes of at least 4 members (excludes halogenated alkanes) is 1. The van der Waals surface area contributed by atoms with Crippen LogP contribution in [-0.4, -0.2) is 27.2 Å². The van der Waals surface area contributed by atoms with Gasteiger partial charge in [0, 0.05) is 24.2 Å². The zero-order chi connectivity index (χ0) is 24.3. The van der Waals surface area contributed by atoms with Crippen LogP contribution in [-0.2, 0) is 22.5 Å². The molecule has 0 aromatic heterocycles. The number of hydrogen-bond acceptors (Lipinski definition) is 4. The molecule has 0 aliphatic carbocycles. The summed E-state index contributed by atoms with van der Waals surface area (Å²) < 4.78 is 9.03. The number of nitrogens with one attached hydrogen (secondary N) is 1. The molecule has 174 valence electrons. The molecule has 0 fully saturated rings. The van der Waals surface area contributed by atoms with E-state index in [9.17, 15) is 0 Å². The third-order valence-corrected chi connectivity index (χ3v) is 4.60. The lowest BCUT2D eigenvalue weighted by molar-refractivity contribution is -0.126. The lowest BCUT2D eigenvalue weighted by atomic mass is 10.1. The minimum Gasteiger partial charge on any atom is -0.497 e. The van der Waals surface area contributed by atoms with Crippen molar-refractivity contribution in [3.05, 3.63) is 102 Å². The van der Waals surface area contributed by atoms with Crippen molar-refractivity contribution in [3.8, 4) is 17.6 Å². The molecular formula is C29H35NO3. The van der Waals surface area contributed by atoms with Gasteiger partial charge in [0.2, 0.25) is 0 Å². The van der Waals surface area contributed by atoms with Crippen LogP contribution in [0, 0.1) is 11.8 Å². The lowest BCUT2D eigenvalue weighted by Crippen LogP contribution is -2.15. The molecule has 0 heterocycles. The Labute approximate surface area is 199 Å². The fourth-order valence-electron chi connectivity index (χ4n) is 2.72. The quantitative estimate of drug-likeness (QED) is 0.276. The molecule has 33 heavy (non-hydrogen) atoms. The van der Waals surface area contributed by atoms with Gasteiger partial charge in [-0.1, -0.05) is 68.7 Å². The summed E-state index contributed by atoms with van der Waals surface area (Å²) in [5.41, 5.74) is 5.35. The summed E-state index contributed by atoms with van der Waals surface area (Å²) in [6, 6.07) is 16.5. The Morgan fingerprint density at radius 3 is 2.21 bits per heavy atom. The van der Waals surface area contributed by atoms with Crippen LogP contribution in [0.5, 0.6) is 5.75 Å². The highest BCUT2D eigenvalue weighted by Crippen LogP contribution is 2.11. The highest BCUT2D eigenvalue weighted by molar-refractivity contribution is 5.45. The first-order valence-corrected chi connectivity index (χ1v) is 11.0. The minimum absolute atomic E-state index is 0.375. The van der Waals surface area contributed by atoms with Crippen molar-refractivity contribution in [2.24, 2.45) is 0 Å². The Balaban J connectivity index is 0.00000125. The normalized spacial score (nSPS) is 9.79. The standard InChI is InChI=1S/C27H31NO.C2H4O2/c1-5-6-7-24-12-14-25(15-13-24)11-10-22(2)8-9-23(3)20-28-21-26-16-18-27(29-4)19-17-26;1-4-2-3/h8-9,12-19,28H,2-3,5-7,20-21H2,1,4H3;2H,1H3/b9-8-;. The number of aryl methyl sites for hydroxylation is 1. The molecule has 0 saturated carbocycles. The van der Waals surface area contributed by atoms with E-state index in [1.165, 1.54) is 31.1 Å². The number of allylic oxidation sites excluding steroid dienone is 2. The zero-order valence-corrected chi connectivity index (χ0v) is 20.0. The largest absolute Gasteiger partial charge is 0.497 e. The molecule has 4 heteroatoms. The van der Waals surface area contributed by atoms with Gasteiger partial charge in [-0.05, 0) is 59.9 Å². The number of carbonyl (C=O) groups excluding carboxylic acids is 1. The van der Waals surface area contributed by atoms with Crippen LogP contribution in [0.2, 0.25) is 0 Å². The van der Waals surface area contributed by atoms with E-state index in [1.807, 2.05) is 24.3 Å². The summed E-state index contributed by atoms with van der Waals surface area (Å²) in [6.45, 7) is 12.2. The molecule has 4 nitrogen and oxygen atoms in total. The Kier molecular flexibility index (Phi) is 14.2. The van der Waals surface area contributed by atoms with Gasteiger partial charge in [-0.2, -0.15) is 0 Å². The van der Waals surface area contributed by atoms with Gasteiger partial charge < -0.3 is 14.8 Å². The van der Waals surface area contributed by atoms with Crippen molar-refractivity contribution in [2.75, 3.05) is 20.8 Å². The van der Waals surface area contributed by atoms with Crippen LogP contribution in [0.25, 0.3) is 0 Å². The summed E-state index contributed by atoms with van der Waals surface area (Å²) in [4.78, 5) is 8.95. The van der Waals surface area contributed by atoms with Crippen molar-refractivity contribution in [3.63, 3.8) is 0 Å². The first-order chi connectivity index (χ1) is 16.0. The van der Waals surface area contributed by atoms with E-state index in [1.54, 1.807) is 7.11 Å². The molecule has 1 N–H and O–H groups in total. The van der Waals surface area contributed by atoms with E-state index in [4.69, 9.17) is 9.53 Å². The topological polar surface area (TPSA) is 47.6 Å². The van der Waals surface area contributed by atoms with Crippen LogP contribution in [0.3, 0.4) is 0 Å². The van der Waals surface area contributed by atoms with Crippen molar-refractivity contribution >= 4 is 6.47 Å². The van der Waals surface area contributed by atoms with E-state index in [2.05, 4.69) is 78.4 Å². The molecule has 0 atom stereocenters. The predicted molar refractivity (Wildman–Crippen MR) is 137 cm³/mol. The van der Waals surface area contributed by atoms with Crippen LogP contribution >= 0.6 is 0 Å². The van der Waals surface area contributed by atoms with Gasteiger partial charge in [0.25, 0.3) is 6.47 Å².